The first-order valence-electron chi connectivity index (χ1n) is 12.0. The normalized spacial score (nSPS) is 15.1. The fourth-order valence-electron chi connectivity index (χ4n) is 4.85. The Labute approximate surface area is 196 Å². The minimum Gasteiger partial charge on any atom is -0.508 e. The van der Waals surface area contributed by atoms with Crippen molar-refractivity contribution in [1.82, 2.24) is 9.80 Å². The van der Waals surface area contributed by atoms with E-state index < -0.39 is 0 Å². The van der Waals surface area contributed by atoms with Crippen molar-refractivity contribution < 1.29 is 10.2 Å². The van der Waals surface area contributed by atoms with Crippen molar-refractivity contribution in [3.8, 4) is 11.5 Å². The van der Waals surface area contributed by atoms with Gasteiger partial charge >= 0.3 is 0 Å². The van der Waals surface area contributed by atoms with Crippen molar-refractivity contribution in [3.63, 3.8) is 0 Å². The fraction of sp³-hybridized carbons (Fsp3) is 0.571. The van der Waals surface area contributed by atoms with Gasteiger partial charge in [-0.15, -0.1) is 0 Å². The molecule has 2 N–H and O–H groups in total. The molecule has 0 saturated heterocycles. The highest BCUT2D eigenvalue weighted by Gasteiger charge is 2.19. The molecule has 0 unspecified atom stereocenters. The van der Waals surface area contributed by atoms with Crippen LogP contribution in [0.2, 0.25) is 0 Å². The quantitative estimate of drug-likeness (QED) is 0.462. The molecule has 2 aromatic rings. The molecule has 2 aromatic carbocycles. The minimum atomic E-state index is 0.369. The zero-order chi connectivity index (χ0) is 24.3. The Bertz CT molecular complexity index is 710. The standard InChI is InChI=1S/2C14H23NO/c2*1-5-14(11(2)10-15(3)4)12-7-6-8-13(16)9-12/h2*6-9,11,14,16H,5,10H2,1-4H3/t2*11-,14+/m11/s1. The summed E-state index contributed by atoms with van der Waals surface area (Å²) in [7, 11) is 8.41. The lowest BCUT2D eigenvalue weighted by atomic mass is 9.85. The topological polar surface area (TPSA) is 46.9 Å². The van der Waals surface area contributed by atoms with E-state index in [0.717, 1.165) is 25.9 Å². The summed E-state index contributed by atoms with van der Waals surface area (Å²) >= 11 is 0. The lowest BCUT2D eigenvalue weighted by Crippen LogP contribution is -2.24. The van der Waals surface area contributed by atoms with Crippen molar-refractivity contribution >= 4 is 0 Å². The van der Waals surface area contributed by atoms with Gasteiger partial charge in [-0.3, -0.25) is 0 Å². The monoisotopic (exact) mass is 442 g/mol. The summed E-state index contributed by atoms with van der Waals surface area (Å²) in [6.45, 7) is 11.1. The molecular weight excluding hydrogens is 396 g/mol. The Hall–Kier alpha value is -2.04. The Balaban J connectivity index is 0.000000320. The average Bonchev–Trinajstić information content (AvgIpc) is 2.68. The summed E-state index contributed by atoms with van der Waals surface area (Å²) in [6.07, 6.45) is 2.22. The van der Waals surface area contributed by atoms with Gasteiger partial charge in [0.25, 0.3) is 0 Å². The first kappa shape index (κ1) is 28.0. The lowest BCUT2D eigenvalue weighted by molar-refractivity contribution is 0.301. The summed E-state index contributed by atoms with van der Waals surface area (Å²) in [5.41, 5.74) is 2.49. The van der Waals surface area contributed by atoms with Gasteiger partial charge in [-0.2, -0.15) is 0 Å². The van der Waals surface area contributed by atoms with E-state index in [2.05, 4.69) is 77.8 Å². The molecule has 0 aliphatic heterocycles. The Kier molecular flexibility index (Phi) is 12.4. The summed E-state index contributed by atoms with van der Waals surface area (Å²) in [5, 5.41) is 19.0. The van der Waals surface area contributed by atoms with Crippen molar-refractivity contribution in [2.75, 3.05) is 41.3 Å². The second kappa shape index (κ2) is 14.2. The van der Waals surface area contributed by atoms with Crippen molar-refractivity contribution in [3.05, 3.63) is 59.7 Å². The molecule has 0 saturated carbocycles. The van der Waals surface area contributed by atoms with Crippen LogP contribution in [0.1, 0.15) is 63.5 Å². The highest BCUT2D eigenvalue weighted by Crippen LogP contribution is 2.31. The van der Waals surface area contributed by atoms with Crippen molar-refractivity contribution in [1.29, 1.82) is 0 Å². The van der Waals surface area contributed by atoms with E-state index >= 15 is 0 Å². The van der Waals surface area contributed by atoms with E-state index in [0.29, 0.717) is 35.2 Å². The highest BCUT2D eigenvalue weighted by molar-refractivity contribution is 5.31. The van der Waals surface area contributed by atoms with Gasteiger partial charge < -0.3 is 20.0 Å². The SMILES string of the molecule is CC[C@H](c1cccc(O)c1)[C@H](C)CN(C)C.CC[C@H](c1cccc(O)c1)[C@H](C)CN(C)C. The maximum absolute atomic E-state index is 9.51. The second-order valence-corrected chi connectivity index (χ2v) is 9.70. The average molecular weight is 443 g/mol. The maximum Gasteiger partial charge on any atom is 0.115 e. The number of hydrogen-bond donors (Lipinski definition) is 2. The molecular formula is C28H46N2O2. The van der Waals surface area contributed by atoms with Crippen LogP contribution in [0.3, 0.4) is 0 Å². The highest BCUT2D eigenvalue weighted by atomic mass is 16.3. The third kappa shape index (κ3) is 9.62. The summed E-state index contributed by atoms with van der Waals surface area (Å²) in [5.74, 6) is 2.98. The third-order valence-electron chi connectivity index (χ3n) is 6.16. The van der Waals surface area contributed by atoms with Crippen LogP contribution in [0.15, 0.2) is 48.5 Å². The third-order valence-corrected chi connectivity index (χ3v) is 6.16. The van der Waals surface area contributed by atoms with Gasteiger partial charge in [0.1, 0.15) is 11.5 Å². The van der Waals surface area contributed by atoms with Crippen LogP contribution in [-0.4, -0.2) is 61.3 Å². The molecule has 0 aliphatic carbocycles. The largest absolute Gasteiger partial charge is 0.508 e. The van der Waals surface area contributed by atoms with Gasteiger partial charge in [-0.1, -0.05) is 52.0 Å². The van der Waals surface area contributed by atoms with Gasteiger partial charge in [0.15, 0.2) is 0 Å². The van der Waals surface area contributed by atoms with Crippen LogP contribution in [0, 0.1) is 11.8 Å². The first-order valence-corrected chi connectivity index (χ1v) is 12.0. The molecule has 32 heavy (non-hydrogen) atoms. The molecule has 180 valence electrons. The minimum absolute atomic E-state index is 0.369. The summed E-state index contributed by atoms with van der Waals surface area (Å²) < 4.78 is 0. The number of nitrogens with zero attached hydrogens (tertiary/aromatic N) is 2. The number of phenols is 2. The Morgan fingerprint density at radius 1 is 0.656 bits per heavy atom. The van der Waals surface area contributed by atoms with E-state index in [1.165, 1.54) is 11.1 Å². The van der Waals surface area contributed by atoms with Crippen LogP contribution in [0.4, 0.5) is 0 Å². The summed E-state index contributed by atoms with van der Waals surface area (Å²) in [6, 6.07) is 15.3. The number of rotatable bonds is 10. The fourth-order valence-corrected chi connectivity index (χ4v) is 4.85. The molecule has 0 spiro atoms. The molecule has 0 heterocycles. The van der Waals surface area contributed by atoms with Gasteiger partial charge in [-0.05, 0) is 100 Å². The van der Waals surface area contributed by atoms with Crippen LogP contribution < -0.4 is 0 Å². The Morgan fingerprint density at radius 3 is 1.25 bits per heavy atom. The molecule has 4 nitrogen and oxygen atoms in total. The first-order chi connectivity index (χ1) is 15.1. The van der Waals surface area contributed by atoms with Gasteiger partial charge in [0, 0.05) is 13.1 Å². The molecule has 0 amide bonds. The predicted molar refractivity (Wildman–Crippen MR) is 138 cm³/mol. The van der Waals surface area contributed by atoms with E-state index in [-0.39, 0.29) is 0 Å². The molecule has 0 radical (unpaired) electrons. The van der Waals surface area contributed by atoms with E-state index in [1.54, 1.807) is 12.1 Å². The molecule has 0 fully saturated rings. The van der Waals surface area contributed by atoms with E-state index in [1.807, 2.05) is 24.3 Å². The molecule has 0 aromatic heterocycles. The number of aromatic hydroxyl groups is 2. The Morgan fingerprint density at radius 2 is 1.00 bits per heavy atom. The molecule has 4 atom stereocenters. The smallest absolute Gasteiger partial charge is 0.115 e. The second-order valence-electron chi connectivity index (χ2n) is 9.70. The van der Waals surface area contributed by atoms with Crippen molar-refractivity contribution in [2.24, 2.45) is 11.8 Å². The number of phenolic OH excluding ortho intramolecular Hbond substituents is 2. The van der Waals surface area contributed by atoms with Gasteiger partial charge in [-0.25, -0.2) is 0 Å². The predicted octanol–water partition coefficient (Wildman–Crippen LogP) is 6.17. The van der Waals surface area contributed by atoms with Gasteiger partial charge in [0.05, 0.1) is 0 Å². The lowest BCUT2D eigenvalue weighted by Gasteiger charge is -2.26. The van der Waals surface area contributed by atoms with Gasteiger partial charge in [0.2, 0.25) is 0 Å². The van der Waals surface area contributed by atoms with Crippen LogP contribution in [0.5, 0.6) is 11.5 Å². The zero-order valence-electron chi connectivity index (χ0n) is 21.5. The van der Waals surface area contributed by atoms with Crippen molar-refractivity contribution in [2.45, 2.75) is 52.4 Å². The molecule has 0 bridgehead atoms. The summed E-state index contributed by atoms with van der Waals surface area (Å²) in [4.78, 5) is 4.44. The van der Waals surface area contributed by atoms with Crippen LogP contribution in [0.25, 0.3) is 0 Å². The maximum atomic E-state index is 9.51. The zero-order valence-corrected chi connectivity index (χ0v) is 21.5. The van der Waals surface area contributed by atoms with E-state index in [4.69, 9.17) is 0 Å². The molecule has 2 rings (SSSR count). The number of hydrogen-bond acceptors (Lipinski definition) is 4. The molecule has 4 heteroatoms. The number of benzene rings is 2. The van der Waals surface area contributed by atoms with Crippen LogP contribution in [-0.2, 0) is 0 Å². The van der Waals surface area contributed by atoms with E-state index in [9.17, 15) is 10.2 Å². The van der Waals surface area contributed by atoms with Crippen LogP contribution >= 0.6 is 0 Å². The molecule has 0 aliphatic rings.